The summed E-state index contributed by atoms with van der Waals surface area (Å²) in [6.07, 6.45) is 5.49. The molecular weight excluding hydrogens is 433 g/mol. The SMILES string of the molecule is CC(I)=CCC(O[Si](C)(C)C(C)(C)C)C(C)=Cc1csc(C)n1. The fraction of sp³-hybridized carbons (Fsp3) is 0.611. The molecule has 1 aromatic rings. The number of nitrogens with zero attached hydrogens (tertiary/aromatic N) is 1. The summed E-state index contributed by atoms with van der Waals surface area (Å²) in [5.74, 6) is 0. The second-order valence-corrected chi connectivity index (χ2v) is 15.1. The van der Waals surface area contributed by atoms with Crippen LogP contribution in [-0.4, -0.2) is 19.4 Å². The van der Waals surface area contributed by atoms with Gasteiger partial charge in [0.15, 0.2) is 8.32 Å². The summed E-state index contributed by atoms with van der Waals surface area (Å²) in [6.45, 7) is 17.9. The number of hydrogen-bond donors (Lipinski definition) is 0. The average Bonchev–Trinajstić information content (AvgIpc) is 2.78. The number of halogens is 1. The zero-order chi connectivity index (χ0) is 17.8. The largest absolute Gasteiger partial charge is 0.410 e. The molecule has 5 heteroatoms. The van der Waals surface area contributed by atoms with Crippen molar-refractivity contribution in [2.24, 2.45) is 0 Å². The normalized spacial score (nSPS) is 15.9. The molecule has 1 rings (SSSR count). The van der Waals surface area contributed by atoms with Crippen LogP contribution in [0.2, 0.25) is 18.1 Å². The molecule has 0 radical (unpaired) electrons. The van der Waals surface area contributed by atoms with E-state index in [1.54, 1.807) is 11.3 Å². The minimum Gasteiger partial charge on any atom is -0.410 e. The average molecular weight is 464 g/mol. The van der Waals surface area contributed by atoms with E-state index in [4.69, 9.17) is 4.43 Å². The van der Waals surface area contributed by atoms with Crippen LogP contribution >= 0.6 is 33.9 Å². The number of allylic oxidation sites excluding steroid dienone is 1. The molecule has 0 spiro atoms. The highest BCUT2D eigenvalue weighted by molar-refractivity contribution is 14.1. The summed E-state index contributed by atoms with van der Waals surface area (Å²) in [4.78, 5) is 4.55. The van der Waals surface area contributed by atoms with Gasteiger partial charge in [0.1, 0.15) is 0 Å². The predicted molar refractivity (Wildman–Crippen MR) is 115 cm³/mol. The van der Waals surface area contributed by atoms with Crippen LogP contribution in [0, 0.1) is 6.92 Å². The Hall–Kier alpha value is 0.0169. The number of hydrogen-bond acceptors (Lipinski definition) is 3. The maximum atomic E-state index is 6.69. The van der Waals surface area contributed by atoms with Gasteiger partial charge in [-0.1, -0.05) is 26.8 Å². The Morgan fingerprint density at radius 3 is 2.43 bits per heavy atom. The summed E-state index contributed by atoms with van der Waals surface area (Å²) in [5, 5.41) is 3.43. The summed E-state index contributed by atoms with van der Waals surface area (Å²) in [6, 6.07) is 0. The highest BCUT2D eigenvalue weighted by atomic mass is 127. The van der Waals surface area contributed by atoms with Crippen molar-refractivity contribution in [2.45, 2.75) is 72.2 Å². The van der Waals surface area contributed by atoms with Crippen LogP contribution in [0.1, 0.15) is 51.7 Å². The van der Waals surface area contributed by atoms with Crippen molar-refractivity contribution in [3.8, 4) is 0 Å². The third-order valence-corrected chi connectivity index (χ3v) is 10.1. The minimum absolute atomic E-state index is 0.127. The number of aryl methyl sites for hydroxylation is 1. The van der Waals surface area contributed by atoms with Crippen LogP contribution in [0.15, 0.2) is 20.6 Å². The van der Waals surface area contributed by atoms with E-state index >= 15 is 0 Å². The fourth-order valence-electron chi connectivity index (χ4n) is 1.90. The molecule has 1 aromatic heterocycles. The topological polar surface area (TPSA) is 22.1 Å². The van der Waals surface area contributed by atoms with Gasteiger partial charge in [0.25, 0.3) is 0 Å². The Labute approximate surface area is 160 Å². The van der Waals surface area contributed by atoms with E-state index in [9.17, 15) is 0 Å². The molecular formula is C18H30INOSSi. The number of thiazole rings is 1. The molecule has 0 saturated heterocycles. The Bertz CT molecular complexity index is 580. The first kappa shape index (κ1) is 21.1. The molecule has 0 bridgehead atoms. The van der Waals surface area contributed by atoms with Gasteiger partial charge in [-0.05, 0) is 83.1 Å². The Morgan fingerprint density at radius 1 is 1.39 bits per heavy atom. The molecule has 2 nitrogen and oxygen atoms in total. The van der Waals surface area contributed by atoms with E-state index in [0.29, 0.717) is 0 Å². The molecule has 0 fully saturated rings. The van der Waals surface area contributed by atoms with Crippen LogP contribution < -0.4 is 0 Å². The van der Waals surface area contributed by atoms with Crippen LogP contribution in [0.4, 0.5) is 0 Å². The lowest BCUT2D eigenvalue weighted by atomic mass is 10.1. The first-order chi connectivity index (χ1) is 10.4. The van der Waals surface area contributed by atoms with Crippen molar-refractivity contribution in [3.05, 3.63) is 31.3 Å². The highest BCUT2D eigenvalue weighted by Gasteiger charge is 2.39. The maximum absolute atomic E-state index is 6.69. The van der Waals surface area contributed by atoms with Gasteiger partial charge in [-0.2, -0.15) is 0 Å². The second kappa shape index (κ2) is 8.40. The lowest BCUT2D eigenvalue weighted by Crippen LogP contribution is -2.44. The standard InChI is InChI=1S/C18H30INOSSi/c1-13(11-16-12-22-15(3)20-16)17(10-9-14(2)19)21-23(7,8)18(4,5)6/h9,11-12,17H,10H2,1-8H3. The summed E-state index contributed by atoms with van der Waals surface area (Å²) in [7, 11) is -1.81. The molecule has 0 saturated carbocycles. The summed E-state index contributed by atoms with van der Waals surface area (Å²) < 4.78 is 8.00. The molecule has 1 atom stereocenters. The van der Waals surface area contributed by atoms with E-state index in [1.165, 1.54) is 9.15 Å². The number of rotatable bonds is 6. The molecule has 1 unspecified atom stereocenters. The van der Waals surface area contributed by atoms with Crippen molar-refractivity contribution in [1.29, 1.82) is 0 Å². The lowest BCUT2D eigenvalue weighted by Gasteiger charge is -2.39. The smallest absolute Gasteiger partial charge is 0.192 e. The quantitative estimate of drug-likeness (QED) is 0.336. The van der Waals surface area contributed by atoms with Gasteiger partial charge in [0.05, 0.1) is 16.8 Å². The van der Waals surface area contributed by atoms with Gasteiger partial charge in [0.2, 0.25) is 0 Å². The molecule has 23 heavy (non-hydrogen) atoms. The minimum atomic E-state index is -1.81. The monoisotopic (exact) mass is 463 g/mol. The molecule has 130 valence electrons. The summed E-state index contributed by atoms with van der Waals surface area (Å²) >= 11 is 4.06. The van der Waals surface area contributed by atoms with Crippen LogP contribution in [0.5, 0.6) is 0 Å². The Morgan fingerprint density at radius 2 is 2.00 bits per heavy atom. The van der Waals surface area contributed by atoms with Gasteiger partial charge in [-0.15, -0.1) is 11.3 Å². The van der Waals surface area contributed by atoms with Crippen molar-refractivity contribution in [2.75, 3.05) is 0 Å². The lowest BCUT2D eigenvalue weighted by molar-refractivity contribution is 0.217. The molecule has 0 aliphatic rings. The van der Waals surface area contributed by atoms with E-state index in [2.05, 4.69) is 92.8 Å². The first-order valence-corrected chi connectivity index (χ1v) is 12.9. The van der Waals surface area contributed by atoms with Gasteiger partial charge >= 0.3 is 0 Å². The van der Waals surface area contributed by atoms with Crippen LogP contribution in [0.3, 0.4) is 0 Å². The molecule has 0 aliphatic heterocycles. The number of aromatic nitrogens is 1. The van der Waals surface area contributed by atoms with Gasteiger partial charge < -0.3 is 4.43 Å². The molecule has 0 aliphatic carbocycles. The van der Waals surface area contributed by atoms with Gasteiger partial charge in [0, 0.05) is 5.38 Å². The third-order valence-electron chi connectivity index (χ3n) is 4.38. The van der Waals surface area contributed by atoms with Crippen molar-refractivity contribution < 1.29 is 4.43 Å². The van der Waals surface area contributed by atoms with E-state index < -0.39 is 8.32 Å². The van der Waals surface area contributed by atoms with E-state index in [1.807, 2.05) is 6.92 Å². The Kier molecular flexibility index (Phi) is 7.70. The van der Waals surface area contributed by atoms with Gasteiger partial charge in [-0.25, -0.2) is 4.98 Å². The second-order valence-electron chi connectivity index (χ2n) is 7.57. The predicted octanol–water partition coefficient (Wildman–Crippen LogP) is 6.97. The van der Waals surface area contributed by atoms with Gasteiger partial charge in [-0.3, -0.25) is 0 Å². The fourth-order valence-corrected chi connectivity index (χ4v) is 4.07. The molecule has 1 heterocycles. The summed E-state index contributed by atoms with van der Waals surface area (Å²) in [5.41, 5.74) is 2.30. The third kappa shape index (κ3) is 6.80. The van der Waals surface area contributed by atoms with Crippen molar-refractivity contribution in [1.82, 2.24) is 4.98 Å². The highest BCUT2D eigenvalue weighted by Crippen LogP contribution is 2.38. The molecule has 0 N–H and O–H groups in total. The molecule has 0 amide bonds. The zero-order valence-electron chi connectivity index (χ0n) is 15.7. The van der Waals surface area contributed by atoms with Crippen molar-refractivity contribution in [3.63, 3.8) is 0 Å². The Balaban J connectivity index is 3.05. The van der Waals surface area contributed by atoms with E-state index in [0.717, 1.165) is 17.1 Å². The van der Waals surface area contributed by atoms with E-state index in [-0.39, 0.29) is 11.1 Å². The zero-order valence-corrected chi connectivity index (χ0v) is 19.6. The van der Waals surface area contributed by atoms with Crippen molar-refractivity contribution >= 4 is 48.3 Å². The molecule has 0 aromatic carbocycles. The maximum Gasteiger partial charge on any atom is 0.192 e. The first-order valence-electron chi connectivity index (χ1n) is 8.03. The van der Waals surface area contributed by atoms with Crippen LogP contribution in [0.25, 0.3) is 6.08 Å². The van der Waals surface area contributed by atoms with Crippen LogP contribution in [-0.2, 0) is 4.43 Å².